The molecule has 0 aromatic rings. The molecule has 2 rings (SSSR count). The molecule has 3 nitrogen and oxygen atoms in total. The summed E-state index contributed by atoms with van der Waals surface area (Å²) in [6, 6.07) is 0. The van der Waals surface area contributed by atoms with Crippen molar-refractivity contribution in [2.45, 2.75) is 44.1 Å². The predicted octanol–water partition coefficient (Wildman–Crippen LogP) is 1.98. The zero-order valence-corrected chi connectivity index (χ0v) is 8.97. The van der Waals surface area contributed by atoms with Gasteiger partial charge in [-0.2, -0.15) is 0 Å². The first-order valence-corrected chi connectivity index (χ1v) is 5.60. The van der Waals surface area contributed by atoms with Gasteiger partial charge >= 0.3 is 5.97 Å². The average Bonchev–Trinajstić information content (AvgIpc) is 2.53. The Bertz CT molecular complexity index is 309. The highest BCUT2D eigenvalue weighted by Gasteiger charge is 2.44. The summed E-state index contributed by atoms with van der Waals surface area (Å²) in [4.78, 5) is 11.2. The maximum Gasteiger partial charge on any atom is 0.333 e. The molecular formula is C11H15F2NO2. The van der Waals surface area contributed by atoms with Crippen molar-refractivity contribution in [3.05, 3.63) is 11.8 Å². The van der Waals surface area contributed by atoms with Crippen molar-refractivity contribution in [2.24, 2.45) is 0 Å². The summed E-state index contributed by atoms with van der Waals surface area (Å²) in [6.45, 7) is -0.426. The van der Waals surface area contributed by atoms with E-state index in [1.54, 1.807) is 0 Å². The van der Waals surface area contributed by atoms with Crippen molar-refractivity contribution in [3.63, 3.8) is 0 Å². The van der Waals surface area contributed by atoms with E-state index < -0.39 is 24.5 Å². The van der Waals surface area contributed by atoms with E-state index in [-0.39, 0.29) is 0 Å². The van der Waals surface area contributed by atoms with E-state index in [4.69, 9.17) is 4.74 Å². The molecule has 0 atom stereocenters. The molecule has 5 heteroatoms. The van der Waals surface area contributed by atoms with Gasteiger partial charge < -0.3 is 10.1 Å². The molecule has 2 aliphatic rings. The van der Waals surface area contributed by atoms with Gasteiger partial charge in [0.05, 0.1) is 12.2 Å². The largest absolute Gasteiger partial charge is 0.449 e. The second-order valence-corrected chi connectivity index (χ2v) is 4.31. The number of esters is 1. The van der Waals surface area contributed by atoms with Crippen LogP contribution in [0.2, 0.25) is 0 Å². The van der Waals surface area contributed by atoms with Crippen LogP contribution in [0.3, 0.4) is 0 Å². The smallest absolute Gasteiger partial charge is 0.333 e. The van der Waals surface area contributed by atoms with Gasteiger partial charge in [0, 0.05) is 6.08 Å². The van der Waals surface area contributed by atoms with Crippen LogP contribution in [0.25, 0.3) is 0 Å². The molecule has 1 heterocycles. The van der Waals surface area contributed by atoms with E-state index in [9.17, 15) is 13.6 Å². The van der Waals surface area contributed by atoms with Crippen molar-refractivity contribution < 1.29 is 18.3 Å². The normalized spacial score (nSPS) is 23.4. The van der Waals surface area contributed by atoms with Crippen LogP contribution in [0.15, 0.2) is 11.8 Å². The SMILES string of the molecule is O=C1C=C(NCC(F)F)C2(CCCCC2)O1. The molecule has 0 amide bonds. The number of alkyl halides is 2. The van der Waals surface area contributed by atoms with Gasteiger partial charge in [-0.25, -0.2) is 13.6 Å². The molecule has 1 saturated carbocycles. The van der Waals surface area contributed by atoms with Gasteiger partial charge in [-0.15, -0.1) is 0 Å². The average molecular weight is 231 g/mol. The summed E-state index contributed by atoms with van der Waals surface area (Å²) >= 11 is 0. The van der Waals surface area contributed by atoms with E-state index in [0.29, 0.717) is 5.70 Å². The summed E-state index contributed by atoms with van der Waals surface area (Å²) in [5.41, 5.74) is -0.0953. The molecule has 1 aliphatic heterocycles. The summed E-state index contributed by atoms with van der Waals surface area (Å²) < 4.78 is 29.5. The lowest BCUT2D eigenvalue weighted by Gasteiger charge is -2.34. The van der Waals surface area contributed by atoms with Crippen LogP contribution in [0.4, 0.5) is 8.78 Å². The lowest BCUT2D eigenvalue weighted by Crippen LogP contribution is -2.40. The molecule has 0 unspecified atom stereocenters. The van der Waals surface area contributed by atoms with Crippen LogP contribution in [0.5, 0.6) is 0 Å². The highest BCUT2D eigenvalue weighted by molar-refractivity contribution is 5.86. The van der Waals surface area contributed by atoms with Crippen molar-refractivity contribution in [1.29, 1.82) is 0 Å². The standard InChI is InChI=1S/C11H15F2NO2/c12-9(13)7-14-8-6-10(15)16-11(8)4-2-1-3-5-11/h6,9,14H,1-5,7H2. The fraction of sp³-hybridized carbons (Fsp3) is 0.727. The van der Waals surface area contributed by atoms with E-state index in [1.807, 2.05) is 0 Å². The third-order valence-corrected chi connectivity index (χ3v) is 3.16. The minimum atomic E-state index is -2.42. The Morgan fingerprint density at radius 2 is 2.06 bits per heavy atom. The maximum absolute atomic E-state index is 12.1. The molecule has 0 bridgehead atoms. The zero-order valence-electron chi connectivity index (χ0n) is 8.97. The number of hydrogen-bond donors (Lipinski definition) is 1. The predicted molar refractivity (Wildman–Crippen MR) is 54.0 cm³/mol. The Morgan fingerprint density at radius 3 is 2.69 bits per heavy atom. The molecular weight excluding hydrogens is 216 g/mol. The molecule has 0 aromatic carbocycles. The Kier molecular flexibility index (Phi) is 3.12. The summed E-state index contributed by atoms with van der Waals surface area (Å²) in [6.07, 6.45) is 3.43. The van der Waals surface area contributed by atoms with E-state index in [0.717, 1.165) is 32.1 Å². The third-order valence-electron chi connectivity index (χ3n) is 3.16. The van der Waals surface area contributed by atoms with Crippen LogP contribution >= 0.6 is 0 Å². The summed E-state index contributed by atoms with van der Waals surface area (Å²) in [5.74, 6) is -0.418. The Labute approximate surface area is 92.8 Å². The highest BCUT2D eigenvalue weighted by atomic mass is 19.3. The fourth-order valence-corrected chi connectivity index (χ4v) is 2.42. The first-order chi connectivity index (χ1) is 7.62. The number of nitrogens with one attached hydrogen (secondary N) is 1. The number of rotatable bonds is 3. The van der Waals surface area contributed by atoms with E-state index >= 15 is 0 Å². The number of halogens is 2. The van der Waals surface area contributed by atoms with Gasteiger partial charge in [0.15, 0.2) is 5.60 Å². The quantitative estimate of drug-likeness (QED) is 0.755. The Morgan fingerprint density at radius 1 is 1.38 bits per heavy atom. The minimum Gasteiger partial charge on any atom is -0.449 e. The lowest BCUT2D eigenvalue weighted by molar-refractivity contribution is -0.148. The van der Waals surface area contributed by atoms with Crippen LogP contribution in [-0.2, 0) is 9.53 Å². The third kappa shape index (κ3) is 2.18. The van der Waals surface area contributed by atoms with Crippen LogP contribution < -0.4 is 5.32 Å². The molecule has 1 spiro atoms. The summed E-state index contributed by atoms with van der Waals surface area (Å²) in [7, 11) is 0. The highest BCUT2D eigenvalue weighted by Crippen LogP contribution is 2.39. The topological polar surface area (TPSA) is 38.3 Å². The first kappa shape index (κ1) is 11.4. The molecule has 0 saturated heterocycles. The number of hydrogen-bond acceptors (Lipinski definition) is 3. The van der Waals surface area contributed by atoms with Gasteiger partial charge in [-0.3, -0.25) is 0 Å². The molecule has 0 aromatic heterocycles. The number of ether oxygens (including phenoxy) is 1. The van der Waals surface area contributed by atoms with Crippen molar-refractivity contribution in [2.75, 3.05) is 6.54 Å². The first-order valence-electron chi connectivity index (χ1n) is 5.60. The second kappa shape index (κ2) is 4.39. The lowest BCUT2D eigenvalue weighted by atomic mass is 9.83. The van der Waals surface area contributed by atoms with Crippen LogP contribution in [0, 0.1) is 0 Å². The monoisotopic (exact) mass is 231 g/mol. The number of carbonyl (C=O) groups excluding carboxylic acids is 1. The Hall–Kier alpha value is -1.13. The van der Waals surface area contributed by atoms with Crippen molar-refractivity contribution in [3.8, 4) is 0 Å². The van der Waals surface area contributed by atoms with Crippen molar-refractivity contribution in [1.82, 2.24) is 5.32 Å². The molecule has 1 aliphatic carbocycles. The van der Waals surface area contributed by atoms with E-state index in [2.05, 4.69) is 5.32 Å². The second-order valence-electron chi connectivity index (χ2n) is 4.31. The molecule has 0 radical (unpaired) electrons. The Balaban J connectivity index is 2.06. The fourth-order valence-electron chi connectivity index (χ4n) is 2.42. The van der Waals surface area contributed by atoms with Crippen molar-refractivity contribution >= 4 is 5.97 Å². The molecule has 16 heavy (non-hydrogen) atoms. The maximum atomic E-state index is 12.1. The molecule has 1 N–H and O–H groups in total. The van der Waals surface area contributed by atoms with Gasteiger partial charge in [0.1, 0.15) is 0 Å². The number of carbonyl (C=O) groups is 1. The van der Waals surface area contributed by atoms with Gasteiger partial charge in [0.2, 0.25) is 0 Å². The minimum absolute atomic E-state index is 0.418. The molecule has 1 fully saturated rings. The van der Waals surface area contributed by atoms with Crippen LogP contribution in [0.1, 0.15) is 32.1 Å². The van der Waals surface area contributed by atoms with E-state index in [1.165, 1.54) is 6.08 Å². The zero-order chi connectivity index (χ0) is 11.6. The van der Waals surface area contributed by atoms with Crippen LogP contribution in [-0.4, -0.2) is 24.5 Å². The summed E-state index contributed by atoms with van der Waals surface area (Å²) in [5, 5.41) is 2.64. The molecule has 90 valence electrons. The van der Waals surface area contributed by atoms with Gasteiger partial charge in [-0.1, -0.05) is 6.42 Å². The van der Waals surface area contributed by atoms with Gasteiger partial charge in [-0.05, 0) is 25.7 Å². The van der Waals surface area contributed by atoms with Gasteiger partial charge in [0.25, 0.3) is 6.43 Å².